The van der Waals surface area contributed by atoms with Crippen molar-refractivity contribution in [3.05, 3.63) is 52.9 Å². The van der Waals surface area contributed by atoms with Gasteiger partial charge in [0, 0.05) is 50.6 Å². The van der Waals surface area contributed by atoms with Crippen LogP contribution >= 0.6 is 0 Å². The topological polar surface area (TPSA) is 89.3 Å². The fraction of sp³-hybridized carbons (Fsp3) is 0.517. The van der Waals surface area contributed by atoms with Gasteiger partial charge in [-0.15, -0.1) is 0 Å². The minimum atomic E-state index is -0.553. The van der Waals surface area contributed by atoms with E-state index in [9.17, 15) is 14.0 Å². The second-order valence-corrected chi connectivity index (χ2v) is 11.6. The first-order valence-electron chi connectivity index (χ1n) is 13.4. The summed E-state index contributed by atoms with van der Waals surface area (Å²) < 4.78 is 27.5. The summed E-state index contributed by atoms with van der Waals surface area (Å²) in [5.41, 5.74) is 3.78. The Balaban J connectivity index is 1.41. The summed E-state index contributed by atoms with van der Waals surface area (Å²) >= 11 is 0. The number of hydrogen-bond donors (Lipinski definition) is 0. The third-order valence-corrected chi connectivity index (χ3v) is 7.35. The number of piperidine rings is 1. The summed E-state index contributed by atoms with van der Waals surface area (Å²) in [5.74, 6) is -0.493. The van der Waals surface area contributed by atoms with E-state index in [1.165, 1.54) is 6.07 Å². The highest BCUT2D eigenvalue weighted by atomic mass is 19.1. The summed E-state index contributed by atoms with van der Waals surface area (Å²) in [4.78, 5) is 39.2. The lowest BCUT2D eigenvalue weighted by Gasteiger charge is -2.44. The third-order valence-electron chi connectivity index (χ3n) is 7.35. The van der Waals surface area contributed by atoms with Crippen molar-refractivity contribution in [2.75, 3.05) is 26.8 Å². The monoisotopic (exact) mass is 537 g/mol. The van der Waals surface area contributed by atoms with Crippen LogP contribution in [0, 0.1) is 19.7 Å². The Labute approximate surface area is 227 Å². The molecule has 2 amide bonds. The number of hydrogen-bond acceptors (Lipinski definition) is 6. The number of ether oxygens (including phenoxy) is 2. The molecule has 5 rings (SSSR count). The zero-order valence-electron chi connectivity index (χ0n) is 23.5. The zero-order chi connectivity index (χ0) is 28.1. The van der Waals surface area contributed by atoms with Gasteiger partial charge in [-0.3, -0.25) is 9.78 Å². The highest BCUT2D eigenvalue weighted by Gasteiger charge is 2.40. The lowest BCUT2D eigenvalue weighted by Crippen LogP contribution is -2.57. The molecule has 0 saturated carbocycles. The van der Waals surface area contributed by atoms with Crippen molar-refractivity contribution in [2.24, 2.45) is 0 Å². The van der Waals surface area contributed by atoms with Crippen LogP contribution in [0.3, 0.4) is 0 Å². The van der Waals surface area contributed by atoms with E-state index in [4.69, 9.17) is 14.5 Å². The van der Waals surface area contributed by atoms with E-state index < -0.39 is 11.4 Å². The summed E-state index contributed by atoms with van der Waals surface area (Å²) in [5, 5.41) is 0. The van der Waals surface area contributed by atoms with Crippen molar-refractivity contribution in [3.63, 3.8) is 0 Å². The second-order valence-electron chi connectivity index (χ2n) is 11.6. The van der Waals surface area contributed by atoms with E-state index in [1.807, 2.05) is 51.8 Å². The number of aromatic nitrogens is 3. The number of rotatable bonds is 4. The van der Waals surface area contributed by atoms with Crippen molar-refractivity contribution in [1.29, 1.82) is 0 Å². The van der Waals surface area contributed by atoms with E-state index >= 15 is 0 Å². The lowest BCUT2D eigenvalue weighted by atomic mass is 9.90. The van der Waals surface area contributed by atoms with E-state index in [0.717, 1.165) is 11.3 Å². The van der Waals surface area contributed by atoms with E-state index in [2.05, 4.69) is 4.98 Å². The molecule has 0 aliphatic carbocycles. The number of amides is 2. The smallest absolute Gasteiger partial charge is 0.410 e. The summed E-state index contributed by atoms with van der Waals surface area (Å²) in [7, 11) is 1.63. The molecule has 39 heavy (non-hydrogen) atoms. The molecule has 9 nitrogen and oxygen atoms in total. The predicted molar refractivity (Wildman–Crippen MR) is 144 cm³/mol. The highest BCUT2D eigenvalue weighted by Crippen LogP contribution is 2.33. The lowest BCUT2D eigenvalue weighted by molar-refractivity contribution is 0.00451. The summed E-state index contributed by atoms with van der Waals surface area (Å²) in [6, 6.07) is 3.08. The van der Waals surface area contributed by atoms with Gasteiger partial charge in [-0.25, -0.2) is 14.2 Å². The van der Waals surface area contributed by atoms with Gasteiger partial charge in [0.15, 0.2) is 11.5 Å². The Bertz CT molecular complexity index is 1420. The largest absolute Gasteiger partial charge is 0.444 e. The molecule has 10 heteroatoms. The Morgan fingerprint density at radius 3 is 2.51 bits per heavy atom. The van der Waals surface area contributed by atoms with Crippen LogP contribution in [0.4, 0.5) is 9.18 Å². The molecular formula is C29H36FN5O4. The molecule has 2 aliphatic heterocycles. The standard InChI is InChI=1S/C29H36FN5O4/c1-17-11-23(19-12-22(30)26-31-18(2)14-34(26)15-19)32-24-13-21(16-38-6)35(27(36)25(17)24)20-7-9-33(10-8-20)28(37)39-29(3,4)5/h11-12,14-15,20-21H,7-10,13,16H2,1-6H3. The molecule has 3 aromatic rings. The van der Waals surface area contributed by atoms with Gasteiger partial charge in [-0.1, -0.05) is 0 Å². The van der Waals surface area contributed by atoms with Crippen molar-refractivity contribution in [1.82, 2.24) is 24.2 Å². The van der Waals surface area contributed by atoms with Gasteiger partial charge < -0.3 is 23.7 Å². The Hall–Kier alpha value is -3.53. The fourth-order valence-corrected chi connectivity index (χ4v) is 5.71. The van der Waals surface area contributed by atoms with Crippen molar-refractivity contribution in [2.45, 2.75) is 71.6 Å². The second kappa shape index (κ2) is 10.2. The molecule has 1 fully saturated rings. The molecule has 0 radical (unpaired) electrons. The van der Waals surface area contributed by atoms with Crippen LogP contribution in [0.1, 0.15) is 60.9 Å². The molecule has 0 aromatic carbocycles. The molecule has 0 spiro atoms. The first-order chi connectivity index (χ1) is 18.4. The molecule has 5 heterocycles. The predicted octanol–water partition coefficient (Wildman–Crippen LogP) is 4.57. The minimum Gasteiger partial charge on any atom is -0.444 e. The van der Waals surface area contributed by atoms with Gasteiger partial charge in [-0.2, -0.15) is 0 Å². The average Bonchev–Trinajstić information content (AvgIpc) is 3.24. The summed E-state index contributed by atoms with van der Waals surface area (Å²) in [6.07, 6.45) is 5.12. The minimum absolute atomic E-state index is 0.0236. The number of carbonyl (C=O) groups excluding carboxylic acids is 2. The van der Waals surface area contributed by atoms with Gasteiger partial charge in [0.25, 0.3) is 5.91 Å². The molecular weight excluding hydrogens is 501 g/mol. The molecule has 1 unspecified atom stereocenters. The van der Waals surface area contributed by atoms with Crippen LogP contribution in [0.15, 0.2) is 24.5 Å². The third kappa shape index (κ3) is 5.34. The van der Waals surface area contributed by atoms with Gasteiger partial charge in [0.05, 0.1) is 35.3 Å². The molecule has 0 N–H and O–H groups in total. The van der Waals surface area contributed by atoms with Crippen LogP contribution in [0.25, 0.3) is 16.9 Å². The number of nitrogens with zero attached hydrogens (tertiary/aromatic N) is 5. The van der Waals surface area contributed by atoms with Crippen molar-refractivity contribution in [3.8, 4) is 11.3 Å². The van der Waals surface area contributed by atoms with Crippen molar-refractivity contribution < 1.29 is 23.5 Å². The highest BCUT2D eigenvalue weighted by molar-refractivity contribution is 5.98. The zero-order valence-corrected chi connectivity index (χ0v) is 23.5. The molecule has 2 aliphatic rings. The quantitative estimate of drug-likeness (QED) is 0.485. The molecule has 208 valence electrons. The van der Waals surface area contributed by atoms with Gasteiger partial charge in [0.2, 0.25) is 0 Å². The van der Waals surface area contributed by atoms with Gasteiger partial charge in [-0.05, 0) is 65.2 Å². The van der Waals surface area contributed by atoms with Gasteiger partial charge in [0.1, 0.15) is 5.60 Å². The Morgan fingerprint density at radius 1 is 1.13 bits per heavy atom. The number of imidazole rings is 1. The molecule has 3 aromatic heterocycles. The van der Waals surface area contributed by atoms with E-state index in [0.29, 0.717) is 61.5 Å². The number of likely N-dealkylation sites (tertiary alicyclic amines) is 1. The SMILES string of the molecule is COCC1Cc2nc(-c3cc(F)c4nc(C)cn4c3)cc(C)c2C(=O)N1C1CCN(C(=O)OC(C)(C)C)CC1. The number of halogens is 1. The Morgan fingerprint density at radius 2 is 1.85 bits per heavy atom. The maximum Gasteiger partial charge on any atom is 0.410 e. The van der Waals surface area contributed by atoms with Crippen LogP contribution < -0.4 is 0 Å². The van der Waals surface area contributed by atoms with Crippen molar-refractivity contribution >= 4 is 17.6 Å². The number of methoxy groups -OCH3 is 1. The number of fused-ring (bicyclic) bond motifs is 2. The first kappa shape index (κ1) is 27.1. The van der Waals surface area contributed by atoms with Crippen LogP contribution in [0.2, 0.25) is 0 Å². The van der Waals surface area contributed by atoms with E-state index in [1.54, 1.807) is 22.6 Å². The fourth-order valence-electron chi connectivity index (χ4n) is 5.71. The molecule has 1 atom stereocenters. The van der Waals surface area contributed by atoms with Crippen LogP contribution in [-0.2, 0) is 15.9 Å². The summed E-state index contributed by atoms with van der Waals surface area (Å²) in [6.45, 7) is 10.7. The van der Waals surface area contributed by atoms with Crippen LogP contribution in [0.5, 0.6) is 0 Å². The average molecular weight is 538 g/mol. The normalized spacial score (nSPS) is 18.5. The number of aryl methyl sites for hydroxylation is 2. The number of carbonyl (C=O) groups is 2. The van der Waals surface area contributed by atoms with Gasteiger partial charge >= 0.3 is 6.09 Å². The maximum atomic E-state index is 14.8. The Kier molecular flexibility index (Phi) is 7.09. The van der Waals surface area contributed by atoms with Crippen LogP contribution in [-0.4, -0.2) is 80.7 Å². The number of pyridine rings is 2. The maximum absolute atomic E-state index is 14.8. The molecule has 1 saturated heterocycles. The first-order valence-corrected chi connectivity index (χ1v) is 13.4. The molecule has 0 bridgehead atoms. The van der Waals surface area contributed by atoms with E-state index in [-0.39, 0.29) is 29.7 Å².